The number of rotatable bonds is 3. The van der Waals surface area contributed by atoms with E-state index in [1.807, 2.05) is 4.90 Å². The Morgan fingerprint density at radius 1 is 1.31 bits per heavy atom. The molecule has 0 aromatic carbocycles. The number of quaternary nitrogens is 1. The van der Waals surface area contributed by atoms with Gasteiger partial charge >= 0.3 is 0 Å². The van der Waals surface area contributed by atoms with Crippen molar-refractivity contribution in [2.45, 2.75) is 26.7 Å². The Balaban J connectivity index is 2.44. The molecule has 0 saturated carbocycles. The number of hydrogen-bond donors (Lipinski definition) is 1. The fourth-order valence-electron chi connectivity index (χ4n) is 1.97. The van der Waals surface area contributed by atoms with Crippen LogP contribution in [0, 0.1) is 5.92 Å². The first kappa shape index (κ1) is 10.5. The molecule has 0 aromatic heterocycles. The zero-order valence-electron chi connectivity index (χ0n) is 8.75. The summed E-state index contributed by atoms with van der Waals surface area (Å²) in [4.78, 5) is 13.8. The van der Waals surface area contributed by atoms with Crippen LogP contribution in [-0.4, -0.2) is 37.0 Å². The molecule has 1 aliphatic heterocycles. The highest BCUT2D eigenvalue weighted by atomic mass is 16.2. The van der Waals surface area contributed by atoms with Gasteiger partial charge in [-0.2, -0.15) is 0 Å². The highest BCUT2D eigenvalue weighted by Gasteiger charge is 2.25. The Morgan fingerprint density at radius 3 is 2.31 bits per heavy atom. The van der Waals surface area contributed by atoms with Gasteiger partial charge in [-0.05, 0) is 13.8 Å². The molecule has 3 nitrogen and oxygen atoms in total. The Bertz CT molecular complexity index is 160. The molecule has 13 heavy (non-hydrogen) atoms. The Labute approximate surface area is 80.5 Å². The first-order chi connectivity index (χ1) is 6.29. The van der Waals surface area contributed by atoms with Gasteiger partial charge < -0.3 is 10.2 Å². The lowest BCUT2D eigenvalue weighted by Gasteiger charge is -2.26. The fraction of sp³-hybridized carbons (Fsp3) is 0.900. The maximum absolute atomic E-state index is 11.9. The van der Waals surface area contributed by atoms with E-state index in [0.29, 0.717) is 11.8 Å². The van der Waals surface area contributed by atoms with E-state index >= 15 is 0 Å². The number of carbonyl (C=O) groups excluding carboxylic acids is 1. The molecule has 3 heteroatoms. The largest absolute Gasteiger partial charge is 0.346 e. The minimum absolute atomic E-state index is 0.310. The molecule has 0 spiro atoms. The third-order valence-electron chi connectivity index (χ3n) is 2.86. The Kier molecular flexibility index (Phi) is 4.22. The van der Waals surface area contributed by atoms with Crippen molar-refractivity contribution in [1.82, 2.24) is 4.90 Å². The van der Waals surface area contributed by atoms with E-state index in [2.05, 4.69) is 19.2 Å². The molecule has 1 saturated heterocycles. The van der Waals surface area contributed by atoms with Crippen LogP contribution in [-0.2, 0) is 4.79 Å². The zero-order chi connectivity index (χ0) is 9.68. The predicted octanol–water partition coefficient (Wildman–Crippen LogP) is -0.172. The molecule has 2 N–H and O–H groups in total. The van der Waals surface area contributed by atoms with Crippen LogP contribution in [0.5, 0.6) is 0 Å². The van der Waals surface area contributed by atoms with Crippen LogP contribution in [0.1, 0.15) is 26.7 Å². The van der Waals surface area contributed by atoms with Crippen molar-refractivity contribution in [3.63, 3.8) is 0 Å². The molecule has 0 unspecified atom stereocenters. The molecule has 0 aliphatic carbocycles. The molecule has 1 fully saturated rings. The van der Waals surface area contributed by atoms with Gasteiger partial charge in [0, 0.05) is 31.8 Å². The lowest BCUT2D eigenvalue weighted by atomic mass is 9.96. The first-order valence-corrected chi connectivity index (χ1v) is 5.40. The van der Waals surface area contributed by atoms with Crippen molar-refractivity contribution < 1.29 is 10.1 Å². The van der Waals surface area contributed by atoms with Crippen LogP contribution in [0.3, 0.4) is 0 Å². The third-order valence-corrected chi connectivity index (χ3v) is 2.86. The quantitative estimate of drug-likeness (QED) is 0.651. The van der Waals surface area contributed by atoms with Gasteiger partial charge in [0.1, 0.15) is 0 Å². The van der Waals surface area contributed by atoms with Gasteiger partial charge in [-0.15, -0.1) is 0 Å². The Morgan fingerprint density at radius 2 is 1.85 bits per heavy atom. The second-order valence-corrected chi connectivity index (χ2v) is 3.65. The monoisotopic (exact) mass is 185 g/mol. The molecule has 0 atom stereocenters. The minimum Gasteiger partial charge on any atom is -0.346 e. The zero-order valence-corrected chi connectivity index (χ0v) is 8.75. The van der Waals surface area contributed by atoms with Gasteiger partial charge in [0.05, 0.1) is 13.1 Å². The molecule has 1 rings (SSSR count). The summed E-state index contributed by atoms with van der Waals surface area (Å²) in [7, 11) is 0. The van der Waals surface area contributed by atoms with Gasteiger partial charge in [-0.1, -0.05) is 0 Å². The van der Waals surface area contributed by atoms with Crippen LogP contribution in [0.15, 0.2) is 0 Å². The van der Waals surface area contributed by atoms with Gasteiger partial charge in [-0.3, -0.25) is 4.79 Å². The second kappa shape index (κ2) is 5.22. The van der Waals surface area contributed by atoms with E-state index in [0.717, 1.165) is 39.0 Å². The highest BCUT2D eigenvalue weighted by Crippen LogP contribution is 2.12. The first-order valence-electron chi connectivity index (χ1n) is 5.40. The Hall–Kier alpha value is -0.570. The van der Waals surface area contributed by atoms with Gasteiger partial charge in [-0.25, -0.2) is 0 Å². The predicted molar refractivity (Wildman–Crippen MR) is 52.3 cm³/mol. The van der Waals surface area contributed by atoms with E-state index in [-0.39, 0.29) is 0 Å². The summed E-state index contributed by atoms with van der Waals surface area (Å²) < 4.78 is 0. The highest BCUT2D eigenvalue weighted by molar-refractivity contribution is 5.78. The second-order valence-electron chi connectivity index (χ2n) is 3.65. The fourth-order valence-corrected chi connectivity index (χ4v) is 1.97. The minimum atomic E-state index is 0.310. The number of nitrogens with zero attached hydrogens (tertiary/aromatic N) is 1. The van der Waals surface area contributed by atoms with Crippen molar-refractivity contribution >= 4 is 5.91 Å². The lowest BCUT2D eigenvalue weighted by molar-refractivity contribution is -0.664. The standard InChI is InChI=1S/C10H20N2O/c1-3-12(4-2)10(13)9-5-7-11-8-6-9/h9,11H,3-8H2,1-2H3/p+1. The average Bonchev–Trinajstić information content (AvgIpc) is 2.21. The van der Waals surface area contributed by atoms with E-state index in [1.54, 1.807) is 0 Å². The van der Waals surface area contributed by atoms with Crippen molar-refractivity contribution in [3.8, 4) is 0 Å². The summed E-state index contributed by atoms with van der Waals surface area (Å²) in [5, 5.41) is 2.30. The smallest absolute Gasteiger partial charge is 0.226 e. The maximum Gasteiger partial charge on any atom is 0.226 e. The molecule has 1 amide bonds. The molecular formula is C10H21N2O+. The van der Waals surface area contributed by atoms with Gasteiger partial charge in [0.25, 0.3) is 0 Å². The molecule has 0 radical (unpaired) electrons. The topological polar surface area (TPSA) is 36.9 Å². The third kappa shape index (κ3) is 2.69. The number of piperidine rings is 1. The molecule has 1 heterocycles. The summed E-state index contributed by atoms with van der Waals surface area (Å²) in [5.41, 5.74) is 0. The maximum atomic E-state index is 11.9. The summed E-state index contributed by atoms with van der Waals surface area (Å²) in [6.45, 7) is 8.06. The normalized spacial score (nSPS) is 18.6. The molecule has 0 aromatic rings. The molecule has 0 bridgehead atoms. The SMILES string of the molecule is CCN(CC)C(=O)C1CC[NH2+]CC1. The molecule has 1 aliphatic rings. The van der Waals surface area contributed by atoms with Crippen LogP contribution < -0.4 is 5.32 Å². The average molecular weight is 185 g/mol. The van der Waals surface area contributed by atoms with Crippen molar-refractivity contribution in [1.29, 1.82) is 0 Å². The van der Waals surface area contributed by atoms with Gasteiger partial charge in [0.15, 0.2) is 0 Å². The number of hydrogen-bond acceptors (Lipinski definition) is 1. The van der Waals surface area contributed by atoms with E-state index in [9.17, 15) is 4.79 Å². The number of amides is 1. The molecular weight excluding hydrogens is 164 g/mol. The van der Waals surface area contributed by atoms with Crippen LogP contribution >= 0.6 is 0 Å². The van der Waals surface area contributed by atoms with Crippen molar-refractivity contribution in [3.05, 3.63) is 0 Å². The van der Waals surface area contributed by atoms with Crippen molar-refractivity contribution in [2.24, 2.45) is 5.92 Å². The summed E-state index contributed by atoms with van der Waals surface area (Å²) in [6.07, 6.45) is 2.13. The molecule has 76 valence electrons. The summed E-state index contributed by atoms with van der Waals surface area (Å²) in [5.74, 6) is 0.683. The van der Waals surface area contributed by atoms with Crippen LogP contribution in [0.2, 0.25) is 0 Å². The van der Waals surface area contributed by atoms with Crippen LogP contribution in [0.4, 0.5) is 0 Å². The van der Waals surface area contributed by atoms with E-state index in [4.69, 9.17) is 0 Å². The van der Waals surface area contributed by atoms with E-state index < -0.39 is 0 Å². The summed E-state index contributed by atoms with van der Waals surface area (Å²) >= 11 is 0. The van der Waals surface area contributed by atoms with E-state index in [1.165, 1.54) is 0 Å². The number of carbonyl (C=O) groups is 1. The summed E-state index contributed by atoms with van der Waals surface area (Å²) in [6, 6.07) is 0. The van der Waals surface area contributed by atoms with Gasteiger partial charge in [0.2, 0.25) is 5.91 Å². The van der Waals surface area contributed by atoms with Crippen molar-refractivity contribution in [2.75, 3.05) is 26.2 Å². The lowest BCUT2D eigenvalue weighted by Crippen LogP contribution is -2.86. The van der Waals surface area contributed by atoms with Crippen LogP contribution in [0.25, 0.3) is 0 Å². The number of nitrogens with two attached hydrogens (primary N) is 1.